The van der Waals surface area contributed by atoms with Crippen LogP contribution in [0.25, 0.3) is 0 Å². The maximum absolute atomic E-state index is 12.7. The van der Waals surface area contributed by atoms with Crippen LogP contribution in [0.2, 0.25) is 0 Å². The standard InChI is InChI=1S/C22H29NO5S/c24-21(23(19-10-11-19)20-12-13-29(26,27)15-20)14-28-22(25)18-8-6-17(7-9-18)16-4-2-1-3-5-16/h6-9,16,19-20H,1-5,10-15H2/t20-/m0/s1. The minimum absolute atomic E-state index is 0.0197. The van der Waals surface area contributed by atoms with Gasteiger partial charge in [0.15, 0.2) is 16.4 Å². The van der Waals surface area contributed by atoms with Crippen LogP contribution < -0.4 is 0 Å². The summed E-state index contributed by atoms with van der Waals surface area (Å²) in [6.45, 7) is -0.337. The Hall–Kier alpha value is -1.89. The molecule has 3 fully saturated rings. The molecule has 0 aromatic heterocycles. The Morgan fingerprint density at radius 3 is 2.21 bits per heavy atom. The molecule has 1 aromatic rings. The van der Waals surface area contributed by atoms with Gasteiger partial charge < -0.3 is 9.64 Å². The molecule has 1 aromatic carbocycles. The molecule has 6 nitrogen and oxygen atoms in total. The molecule has 3 aliphatic rings. The molecule has 29 heavy (non-hydrogen) atoms. The van der Waals surface area contributed by atoms with Crippen molar-refractivity contribution < 1.29 is 22.7 Å². The molecule has 1 heterocycles. The van der Waals surface area contributed by atoms with Gasteiger partial charge in [0.1, 0.15) is 0 Å². The lowest BCUT2D eigenvalue weighted by Gasteiger charge is -2.28. The largest absolute Gasteiger partial charge is 0.452 e. The highest BCUT2D eigenvalue weighted by Gasteiger charge is 2.42. The van der Waals surface area contributed by atoms with Crippen molar-refractivity contribution in [3.8, 4) is 0 Å². The summed E-state index contributed by atoms with van der Waals surface area (Å²) < 4.78 is 28.8. The van der Waals surface area contributed by atoms with E-state index in [4.69, 9.17) is 4.74 Å². The predicted octanol–water partition coefficient (Wildman–Crippen LogP) is 3.07. The summed E-state index contributed by atoms with van der Waals surface area (Å²) in [7, 11) is -3.07. The Morgan fingerprint density at radius 1 is 0.931 bits per heavy atom. The summed E-state index contributed by atoms with van der Waals surface area (Å²) in [6.07, 6.45) is 8.48. The summed E-state index contributed by atoms with van der Waals surface area (Å²) in [4.78, 5) is 26.7. The van der Waals surface area contributed by atoms with Crippen molar-refractivity contribution >= 4 is 21.7 Å². The number of carbonyl (C=O) groups is 2. The minimum atomic E-state index is -3.07. The van der Waals surface area contributed by atoms with Crippen LogP contribution in [-0.4, -0.2) is 55.4 Å². The second-order valence-electron chi connectivity index (χ2n) is 8.62. The van der Waals surface area contributed by atoms with Gasteiger partial charge in [-0.05, 0) is 55.7 Å². The number of carbonyl (C=O) groups excluding carboxylic acids is 2. The van der Waals surface area contributed by atoms with Crippen LogP contribution in [0, 0.1) is 0 Å². The van der Waals surface area contributed by atoms with Crippen molar-refractivity contribution in [2.75, 3.05) is 18.1 Å². The third-order valence-electron chi connectivity index (χ3n) is 6.38. The zero-order valence-electron chi connectivity index (χ0n) is 16.7. The van der Waals surface area contributed by atoms with E-state index < -0.39 is 15.8 Å². The molecule has 2 aliphatic carbocycles. The Balaban J connectivity index is 1.33. The van der Waals surface area contributed by atoms with E-state index in [9.17, 15) is 18.0 Å². The molecule has 0 N–H and O–H groups in total. The fourth-order valence-electron chi connectivity index (χ4n) is 4.67. The Kier molecular flexibility index (Phi) is 5.95. The van der Waals surface area contributed by atoms with Crippen LogP contribution in [0.4, 0.5) is 0 Å². The second-order valence-corrected chi connectivity index (χ2v) is 10.9. The highest BCUT2D eigenvalue weighted by molar-refractivity contribution is 7.91. The molecule has 7 heteroatoms. The summed E-state index contributed by atoms with van der Waals surface area (Å²) in [5.74, 6) is -0.0806. The van der Waals surface area contributed by atoms with Gasteiger partial charge in [-0.25, -0.2) is 13.2 Å². The normalized spacial score (nSPS) is 24.2. The monoisotopic (exact) mass is 419 g/mol. The van der Waals surface area contributed by atoms with E-state index in [1.807, 2.05) is 12.1 Å². The van der Waals surface area contributed by atoms with Crippen molar-refractivity contribution in [1.82, 2.24) is 4.90 Å². The zero-order chi connectivity index (χ0) is 20.4. The van der Waals surface area contributed by atoms with Crippen LogP contribution in [0.5, 0.6) is 0 Å². The van der Waals surface area contributed by atoms with Gasteiger partial charge >= 0.3 is 5.97 Å². The Morgan fingerprint density at radius 2 is 1.62 bits per heavy atom. The topological polar surface area (TPSA) is 80.8 Å². The van der Waals surface area contributed by atoms with Crippen molar-refractivity contribution in [3.05, 3.63) is 35.4 Å². The molecule has 0 spiro atoms. The quantitative estimate of drug-likeness (QED) is 0.662. The highest BCUT2D eigenvalue weighted by atomic mass is 32.2. The first kappa shape index (κ1) is 20.4. The summed E-state index contributed by atoms with van der Waals surface area (Å²) in [6, 6.07) is 7.35. The average Bonchev–Trinajstić information content (AvgIpc) is 3.49. The van der Waals surface area contributed by atoms with E-state index in [1.54, 1.807) is 17.0 Å². The molecule has 0 unspecified atom stereocenters. The smallest absolute Gasteiger partial charge is 0.338 e. The van der Waals surface area contributed by atoms with Crippen LogP contribution >= 0.6 is 0 Å². The van der Waals surface area contributed by atoms with E-state index in [0.717, 1.165) is 12.8 Å². The van der Waals surface area contributed by atoms with Gasteiger partial charge in [0, 0.05) is 12.1 Å². The average molecular weight is 420 g/mol. The molecular formula is C22H29NO5S. The molecule has 1 saturated heterocycles. The molecule has 2 saturated carbocycles. The molecule has 1 aliphatic heterocycles. The van der Waals surface area contributed by atoms with Gasteiger partial charge in [-0.1, -0.05) is 31.4 Å². The number of nitrogens with zero attached hydrogens (tertiary/aromatic N) is 1. The van der Waals surface area contributed by atoms with E-state index in [-0.39, 0.29) is 36.1 Å². The van der Waals surface area contributed by atoms with E-state index >= 15 is 0 Å². The van der Waals surface area contributed by atoms with Gasteiger partial charge in [-0.3, -0.25) is 4.79 Å². The molecule has 0 radical (unpaired) electrons. The predicted molar refractivity (Wildman–Crippen MR) is 109 cm³/mol. The number of hydrogen-bond acceptors (Lipinski definition) is 5. The van der Waals surface area contributed by atoms with Crippen LogP contribution in [0.1, 0.15) is 73.2 Å². The van der Waals surface area contributed by atoms with Gasteiger partial charge in [0.05, 0.1) is 17.1 Å². The number of ether oxygens (including phenoxy) is 1. The molecule has 158 valence electrons. The minimum Gasteiger partial charge on any atom is -0.452 e. The van der Waals surface area contributed by atoms with Crippen LogP contribution in [-0.2, 0) is 19.4 Å². The van der Waals surface area contributed by atoms with Gasteiger partial charge in [-0.15, -0.1) is 0 Å². The summed E-state index contributed by atoms with van der Waals surface area (Å²) in [5, 5.41) is 0. The summed E-state index contributed by atoms with van der Waals surface area (Å²) >= 11 is 0. The third kappa shape index (κ3) is 5.00. The van der Waals surface area contributed by atoms with Crippen LogP contribution in [0.3, 0.4) is 0 Å². The second kappa shape index (κ2) is 8.46. The lowest BCUT2D eigenvalue weighted by atomic mass is 9.84. The number of amides is 1. The van der Waals surface area contributed by atoms with E-state index in [2.05, 4.69) is 0 Å². The van der Waals surface area contributed by atoms with Crippen LogP contribution in [0.15, 0.2) is 24.3 Å². The number of hydrogen-bond donors (Lipinski definition) is 0. The lowest BCUT2D eigenvalue weighted by Crippen LogP contribution is -2.44. The third-order valence-corrected chi connectivity index (χ3v) is 8.13. The molecule has 4 rings (SSSR count). The van der Waals surface area contributed by atoms with Crippen molar-refractivity contribution in [2.45, 2.75) is 69.4 Å². The first-order valence-corrected chi connectivity index (χ1v) is 12.5. The molecule has 0 bridgehead atoms. The number of esters is 1. The number of benzene rings is 1. The summed E-state index contributed by atoms with van der Waals surface area (Å²) in [5.41, 5.74) is 1.71. The number of rotatable bonds is 6. The Labute approximate surface area is 172 Å². The van der Waals surface area contributed by atoms with E-state index in [0.29, 0.717) is 17.9 Å². The van der Waals surface area contributed by atoms with Crippen molar-refractivity contribution in [2.24, 2.45) is 0 Å². The highest BCUT2D eigenvalue weighted by Crippen LogP contribution is 2.33. The maximum Gasteiger partial charge on any atom is 0.338 e. The van der Waals surface area contributed by atoms with Gasteiger partial charge in [-0.2, -0.15) is 0 Å². The fraction of sp³-hybridized carbons (Fsp3) is 0.636. The van der Waals surface area contributed by atoms with Gasteiger partial charge in [0.2, 0.25) is 0 Å². The van der Waals surface area contributed by atoms with Gasteiger partial charge in [0.25, 0.3) is 5.91 Å². The first-order chi connectivity index (χ1) is 13.9. The van der Waals surface area contributed by atoms with E-state index in [1.165, 1.54) is 37.7 Å². The molecule has 1 atom stereocenters. The Bertz CT molecular complexity index is 854. The number of sulfone groups is 1. The fourth-order valence-corrected chi connectivity index (χ4v) is 6.38. The molecule has 1 amide bonds. The lowest BCUT2D eigenvalue weighted by molar-refractivity contribution is -0.137. The van der Waals surface area contributed by atoms with Crippen molar-refractivity contribution in [3.63, 3.8) is 0 Å². The molecular weight excluding hydrogens is 390 g/mol. The van der Waals surface area contributed by atoms with Crippen molar-refractivity contribution in [1.29, 1.82) is 0 Å². The zero-order valence-corrected chi connectivity index (χ0v) is 17.5. The first-order valence-electron chi connectivity index (χ1n) is 10.7. The maximum atomic E-state index is 12.7. The SMILES string of the molecule is O=C(OCC(=O)N(C1CC1)[C@H]1CCS(=O)(=O)C1)c1ccc(C2CCCCC2)cc1.